The number of anilines is 2. The zero-order valence-corrected chi connectivity index (χ0v) is 18.5. The number of fused-ring (bicyclic) bond motifs is 1. The maximum Gasteiger partial charge on any atom is 0.341 e. The summed E-state index contributed by atoms with van der Waals surface area (Å²) in [6.45, 7) is 2.23. The average Bonchev–Trinajstić information content (AvgIpc) is 2.74. The van der Waals surface area contributed by atoms with E-state index in [2.05, 4.69) is 5.32 Å². The van der Waals surface area contributed by atoms with E-state index >= 15 is 4.39 Å². The highest BCUT2D eigenvalue weighted by atomic mass is 35.5. The molecular weight excluding hydrogens is 458 g/mol. The number of nitrogens with two attached hydrogens (primary N) is 1. The molecule has 2 aromatic carbocycles. The summed E-state index contributed by atoms with van der Waals surface area (Å²) < 4.78 is 30.4. The minimum absolute atomic E-state index is 0.0156. The number of benzene rings is 2. The summed E-state index contributed by atoms with van der Waals surface area (Å²) in [6.07, 6.45) is 1.01. The molecule has 5 N–H and O–H groups in total. The van der Waals surface area contributed by atoms with E-state index < -0.39 is 35.2 Å². The summed E-state index contributed by atoms with van der Waals surface area (Å²) in [4.78, 5) is 26.3. The summed E-state index contributed by atoms with van der Waals surface area (Å²) in [7, 11) is 1.79. The third-order valence-electron chi connectivity index (χ3n) is 6.01. The Labute approximate surface area is 191 Å². The molecule has 0 bridgehead atoms. The van der Waals surface area contributed by atoms with Crippen LogP contribution in [0.25, 0.3) is 16.6 Å². The molecule has 3 aromatic rings. The lowest BCUT2D eigenvalue weighted by atomic mass is 9.91. The smallest absolute Gasteiger partial charge is 0.341 e. The maximum atomic E-state index is 15.2. The van der Waals surface area contributed by atoms with Crippen LogP contribution in [0.1, 0.15) is 22.8 Å². The number of halogens is 3. The number of likely N-dealkylation sites (N-methyl/N-ethyl adjacent to an activating group) is 1. The van der Waals surface area contributed by atoms with Gasteiger partial charge in [0, 0.05) is 24.8 Å². The number of hydrogen-bond acceptors (Lipinski definition) is 6. The zero-order chi connectivity index (χ0) is 24.2. The fourth-order valence-electron chi connectivity index (χ4n) is 4.12. The molecule has 0 aliphatic carbocycles. The van der Waals surface area contributed by atoms with E-state index in [1.807, 2.05) is 6.92 Å². The maximum absolute atomic E-state index is 15.2. The number of nitrogens with zero attached hydrogens (tertiary/aromatic N) is 2. The first-order valence-electron chi connectivity index (χ1n) is 9.95. The fraction of sp³-hybridized carbons (Fsp3) is 0.273. The largest absolute Gasteiger partial charge is 0.477 e. The third kappa shape index (κ3) is 3.60. The first-order valence-corrected chi connectivity index (χ1v) is 10.3. The van der Waals surface area contributed by atoms with Gasteiger partial charge in [-0.15, -0.1) is 0 Å². The molecule has 8 nitrogen and oxygen atoms in total. The van der Waals surface area contributed by atoms with Gasteiger partial charge in [0.1, 0.15) is 17.2 Å². The number of carboxylic acids is 1. The Morgan fingerprint density at radius 3 is 2.52 bits per heavy atom. The Morgan fingerprint density at radius 1 is 1.27 bits per heavy atom. The molecule has 4 rings (SSSR count). The summed E-state index contributed by atoms with van der Waals surface area (Å²) in [5.41, 5.74) is 3.85. The van der Waals surface area contributed by atoms with Gasteiger partial charge >= 0.3 is 5.97 Å². The number of carboxylic acid groups (broad SMARTS) is 1. The van der Waals surface area contributed by atoms with Gasteiger partial charge in [0.05, 0.1) is 45.1 Å². The number of aromatic nitrogens is 1. The van der Waals surface area contributed by atoms with E-state index in [0.717, 1.165) is 18.3 Å². The number of aliphatic hydroxyl groups is 1. The fourth-order valence-corrected chi connectivity index (χ4v) is 4.52. The van der Waals surface area contributed by atoms with Crippen molar-refractivity contribution in [3.63, 3.8) is 0 Å². The average molecular weight is 479 g/mol. The molecule has 0 amide bonds. The molecule has 1 aliphatic rings. The van der Waals surface area contributed by atoms with Crippen molar-refractivity contribution in [2.45, 2.75) is 19.1 Å². The van der Waals surface area contributed by atoms with Crippen LogP contribution in [0.2, 0.25) is 5.02 Å². The molecule has 33 heavy (non-hydrogen) atoms. The molecule has 0 spiro atoms. The number of nitrogens with one attached hydrogen (secondary N) is 1. The van der Waals surface area contributed by atoms with Gasteiger partial charge in [-0.05, 0) is 32.2 Å². The van der Waals surface area contributed by atoms with Crippen molar-refractivity contribution in [1.29, 1.82) is 0 Å². The third-order valence-corrected chi connectivity index (χ3v) is 6.37. The number of rotatable bonds is 5. The second kappa shape index (κ2) is 7.98. The Bertz CT molecular complexity index is 1370. The van der Waals surface area contributed by atoms with Gasteiger partial charge in [0.15, 0.2) is 0 Å². The van der Waals surface area contributed by atoms with Crippen molar-refractivity contribution in [3.8, 4) is 5.69 Å². The van der Waals surface area contributed by atoms with Gasteiger partial charge in [-0.3, -0.25) is 4.79 Å². The molecule has 1 fully saturated rings. The number of aromatic carboxylic acids is 1. The molecule has 11 heteroatoms. The van der Waals surface area contributed by atoms with Crippen molar-refractivity contribution in [1.82, 2.24) is 9.88 Å². The molecule has 0 atom stereocenters. The van der Waals surface area contributed by atoms with Gasteiger partial charge in [-0.2, -0.15) is 0 Å². The van der Waals surface area contributed by atoms with Crippen LogP contribution in [-0.2, 0) is 6.61 Å². The van der Waals surface area contributed by atoms with Crippen molar-refractivity contribution >= 4 is 39.8 Å². The van der Waals surface area contributed by atoms with Gasteiger partial charge in [0.2, 0.25) is 5.43 Å². The van der Waals surface area contributed by atoms with E-state index in [9.17, 15) is 24.2 Å². The van der Waals surface area contributed by atoms with E-state index in [0.29, 0.717) is 13.1 Å². The monoisotopic (exact) mass is 478 g/mol. The van der Waals surface area contributed by atoms with Crippen LogP contribution in [-0.4, -0.2) is 46.4 Å². The molecule has 0 unspecified atom stereocenters. The topological polar surface area (TPSA) is 121 Å². The quantitative estimate of drug-likeness (QED) is 0.416. The molecule has 174 valence electrons. The van der Waals surface area contributed by atoms with Crippen LogP contribution in [0.15, 0.2) is 29.2 Å². The number of nitrogen functional groups attached to an aromatic ring is 1. The number of pyridine rings is 1. The molecular formula is C22H21ClF2N4O4. The second-order valence-electron chi connectivity index (χ2n) is 8.29. The van der Waals surface area contributed by atoms with Crippen molar-refractivity contribution in [2.75, 3.05) is 30.8 Å². The van der Waals surface area contributed by atoms with Gasteiger partial charge in [0.25, 0.3) is 0 Å². The highest BCUT2D eigenvalue weighted by molar-refractivity contribution is 6.38. The van der Waals surface area contributed by atoms with Crippen molar-refractivity contribution in [3.05, 3.63) is 62.4 Å². The number of aliphatic hydroxyl groups excluding tert-OH is 1. The van der Waals surface area contributed by atoms with Crippen LogP contribution < -0.4 is 21.4 Å². The zero-order valence-electron chi connectivity index (χ0n) is 17.7. The van der Waals surface area contributed by atoms with Crippen molar-refractivity contribution < 1.29 is 23.8 Å². The van der Waals surface area contributed by atoms with Crippen LogP contribution in [0.5, 0.6) is 0 Å². The Morgan fingerprint density at radius 2 is 1.94 bits per heavy atom. The van der Waals surface area contributed by atoms with Crippen molar-refractivity contribution in [2.24, 2.45) is 0 Å². The lowest BCUT2D eigenvalue weighted by Crippen LogP contribution is -2.67. The predicted molar refractivity (Wildman–Crippen MR) is 121 cm³/mol. The molecule has 1 aromatic heterocycles. The van der Waals surface area contributed by atoms with E-state index in [1.54, 1.807) is 11.9 Å². The van der Waals surface area contributed by atoms with Crippen LogP contribution in [0.4, 0.5) is 20.2 Å². The second-order valence-corrected chi connectivity index (χ2v) is 8.67. The first kappa shape index (κ1) is 23.0. The number of carbonyl (C=O) groups is 1. The normalized spacial score (nSPS) is 15.0. The molecule has 1 aliphatic heterocycles. The molecule has 0 saturated carbocycles. The van der Waals surface area contributed by atoms with E-state index in [-0.39, 0.29) is 44.1 Å². The summed E-state index contributed by atoms with van der Waals surface area (Å²) in [5, 5.41) is 22.1. The predicted octanol–water partition coefficient (Wildman–Crippen LogP) is 2.49. The highest BCUT2D eigenvalue weighted by Crippen LogP contribution is 2.40. The number of hydrogen-bond donors (Lipinski definition) is 4. The van der Waals surface area contributed by atoms with E-state index in [4.69, 9.17) is 17.3 Å². The lowest BCUT2D eigenvalue weighted by Gasteiger charge is -2.49. The highest BCUT2D eigenvalue weighted by Gasteiger charge is 2.40. The van der Waals surface area contributed by atoms with Gasteiger partial charge in [-0.1, -0.05) is 11.6 Å². The van der Waals surface area contributed by atoms with E-state index in [1.165, 1.54) is 10.6 Å². The van der Waals surface area contributed by atoms with Crippen LogP contribution in [0, 0.1) is 11.6 Å². The molecule has 0 radical (unpaired) electrons. The van der Waals surface area contributed by atoms with Gasteiger partial charge in [-0.25, -0.2) is 13.6 Å². The SMILES string of the molecule is CNC1(C)CN(c2c(F)cc3c(=O)c(C(=O)O)cn(-c4cc(N)c(F)cc4CO)c3c2Cl)C1. The Hall–Kier alpha value is -3.21. The Balaban J connectivity index is 2.09. The summed E-state index contributed by atoms with van der Waals surface area (Å²) in [5.74, 6) is -3.10. The first-order chi connectivity index (χ1) is 15.5. The Kier molecular flexibility index (Phi) is 5.55. The molecule has 2 heterocycles. The standard InChI is InChI=1S/C22H21ClF2N4O4/c1-22(27-2)8-28(9-22)19-14(25)4-11-18(17(19)23)29(6-12(20(11)31)21(32)33)16-5-15(26)13(24)3-10(16)7-30/h3-6,27,30H,7-9,26H2,1-2H3,(H,32,33). The minimum atomic E-state index is -1.54. The summed E-state index contributed by atoms with van der Waals surface area (Å²) >= 11 is 6.64. The lowest BCUT2D eigenvalue weighted by molar-refractivity contribution is 0.0695. The van der Waals surface area contributed by atoms with Crippen LogP contribution >= 0.6 is 11.6 Å². The minimum Gasteiger partial charge on any atom is -0.477 e. The summed E-state index contributed by atoms with van der Waals surface area (Å²) in [6, 6.07) is 3.14. The van der Waals surface area contributed by atoms with Crippen LogP contribution in [0.3, 0.4) is 0 Å². The van der Waals surface area contributed by atoms with Gasteiger partial charge < -0.3 is 30.7 Å². The molecule has 1 saturated heterocycles.